The number of fused-ring (bicyclic) bond motifs is 5. The topological polar surface area (TPSA) is 0 Å². The Kier molecular flexibility index (Phi) is 2.59. The van der Waals surface area contributed by atoms with Gasteiger partial charge in [0.2, 0.25) is 0 Å². The van der Waals surface area contributed by atoms with E-state index < -0.39 is 0 Å². The van der Waals surface area contributed by atoms with E-state index in [0.717, 1.165) is 15.6 Å². The fourth-order valence-corrected chi connectivity index (χ4v) is 4.09. The van der Waals surface area contributed by atoms with Crippen LogP contribution < -0.4 is 0 Å². The zero-order valence-electron chi connectivity index (χ0n) is 11.9. The first-order chi connectivity index (χ1) is 10.00. The summed E-state index contributed by atoms with van der Waals surface area (Å²) >= 11 is 3.69. The van der Waals surface area contributed by atoms with Crippen LogP contribution in [0.1, 0.15) is 25.0 Å². The van der Waals surface area contributed by atoms with Gasteiger partial charge in [-0.3, -0.25) is 0 Å². The Morgan fingerprint density at radius 1 is 0.905 bits per heavy atom. The first kappa shape index (κ1) is 13.0. The Balaban J connectivity index is 2.22. The summed E-state index contributed by atoms with van der Waals surface area (Å²) in [6.45, 7) is 4.33. The number of hydrogen-bond donors (Lipinski definition) is 0. The van der Waals surface area contributed by atoms with Crippen molar-refractivity contribution in [3.05, 3.63) is 69.9 Å². The van der Waals surface area contributed by atoms with E-state index >= 15 is 0 Å². The Morgan fingerprint density at radius 3 is 2.38 bits per heavy atom. The van der Waals surface area contributed by atoms with Gasteiger partial charge in [-0.1, -0.05) is 60.1 Å². The van der Waals surface area contributed by atoms with Gasteiger partial charge in [-0.25, -0.2) is 4.39 Å². The summed E-state index contributed by atoms with van der Waals surface area (Å²) in [4.78, 5) is 0. The molecule has 104 valence electrons. The van der Waals surface area contributed by atoms with Crippen molar-refractivity contribution in [3.8, 4) is 11.1 Å². The summed E-state index contributed by atoms with van der Waals surface area (Å²) in [5, 5.41) is 2.42. The van der Waals surface area contributed by atoms with Crippen molar-refractivity contribution < 1.29 is 4.39 Å². The highest BCUT2D eigenvalue weighted by molar-refractivity contribution is 9.10. The van der Waals surface area contributed by atoms with Crippen molar-refractivity contribution in [1.29, 1.82) is 0 Å². The molecule has 0 N–H and O–H groups in total. The van der Waals surface area contributed by atoms with Crippen molar-refractivity contribution in [3.63, 3.8) is 0 Å². The van der Waals surface area contributed by atoms with E-state index in [0.29, 0.717) is 0 Å². The number of hydrogen-bond acceptors (Lipinski definition) is 0. The average molecular weight is 341 g/mol. The van der Waals surface area contributed by atoms with Gasteiger partial charge >= 0.3 is 0 Å². The molecule has 0 radical (unpaired) electrons. The molecule has 3 aromatic rings. The summed E-state index contributed by atoms with van der Waals surface area (Å²) < 4.78 is 14.8. The zero-order chi connectivity index (χ0) is 14.8. The van der Waals surface area contributed by atoms with Gasteiger partial charge in [0.15, 0.2) is 0 Å². The molecule has 0 aliphatic heterocycles. The molecule has 0 heterocycles. The number of rotatable bonds is 0. The lowest BCUT2D eigenvalue weighted by Crippen LogP contribution is -2.15. The van der Waals surface area contributed by atoms with Crippen molar-refractivity contribution >= 4 is 26.7 Å². The Hall–Kier alpha value is -1.67. The van der Waals surface area contributed by atoms with Crippen LogP contribution in [0.2, 0.25) is 0 Å². The Morgan fingerprint density at radius 2 is 1.62 bits per heavy atom. The van der Waals surface area contributed by atoms with Gasteiger partial charge in [-0.15, -0.1) is 0 Å². The van der Waals surface area contributed by atoms with Crippen LogP contribution in [0.15, 0.2) is 53.0 Å². The second kappa shape index (κ2) is 4.17. The van der Waals surface area contributed by atoms with Crippen LogP contribution in [0.25, 0.3) is 21.9 Å². The summed E-state index contributed by atoms with van der Waals surface area (Å²) in [6.07, 6.45) is 0. The van der Waals surface area contributed by atoms with E-state index in [2.05, 4.69) is 54.0 Å². The molecule has 3 aromatic carbocycles. The second-order valence-corrected chi connectivity index (χ2v) is 7.00. The lowest BCUT2D eigenvalue weighted by atomic mass is 9.82. The van der Waals surface area contributed by atoms with Gasteiger partial charge < -0.3 is 0 Å². The normalized spacial score (nSPS) is 15.0. The largest absolute Gasteiger partial charge is 0.207 e. The smallest absolute Gasteiger partial charge is 0.123 e. The van der Waals surface area contributed by atoms with Gasteiger partial charge in [0, 0.05) is 9.89 Å². The maximum atomic E-state index is 13.7. The molecule has 0 spiro atoms. The molecule has 2 heteroatoms. The molecule has 0 bridgehead atoms. The van der Waals surface area contributed by atoms with E-state index in [4.69, 9.17) is 0 Å². The van der Waals surface area contributed by atoms with Crippen LogP contribution in [-0.4, -0.2) is 0 Å². The molecule has 0 fully saturated rings. The fourth-order valence-electron chi connectivity index (χ4n) is 3.51. The van der Waals surface area contributed by atoms with Crippen molar-refractivity contribution in [2.24, 2.45) is 0 Å². The van der Waals surface area contributed by atoms with Gasteiger partial charge in [0.25, 0.3) is 0 Å². The van der Waals surface area contributed by atoms with E-state index in [1.165, 1.54) is 21.9 Å². The predicted molar refractivity (Wildman–Crippen MR) is 89.2 cm³/mol. The Bertz CT molecular complexity index is 893. The molecule has 0 nitrogen and oxygen atoms in total. The average Bonchev–Trinajstić information content (AvgIpc) is 2.68. The van der Waals surface area contributed by atoms with Gasteiger partial charge in [0.1, 0.15) is 5.82 Å². The van der Waals surface area contributed by atoms with Crippen molar-refractivity contribution in [2.45, 2.75) is 19.3 Å². The summed E-state index contributed by atoms with van der Waals surface area (Å²) in [5.41, 5.74) is 4.54. The highest BCUT2D eigenvalue weighted by Gasteiger charge is 2.37. The van der Waals surface area contributed by atoms with Gasteiger partial charge in [-0.05, 0) is 51.2 Å². The fraction of sp³-hybridized carbons (Fsp3) is 0.158. The first-order valence-electron chi connectivity index (χ1n) is 7.02. The molecule has 4 rings (SSSR count). The quantitative estimate of drug-likeness (QED) is 0.467. The lowest BCUT2D eigenvalue weighted by Gasteiger charge is -2.22. The maximum absolute atomic E-state index is 13.7. The minimum absolute atomic E-state index is 0.169. The van der Waals surface area contributed by atoms with Crippen LogP contribution in [0.4, 0.5) is 4.39 Å². The van der Waals surface area contributed by atoms with Crippen LogP contribution in [0, 0.1) is 5.82 Å². The molecule has 0 aromatic heterocycles. The van der Waals surface area contributed by atoms with E-state index in [9.17, 15) is 4.39 Å². The summed E-state index contributed by atoms with van der Waals surface area (Å²) in [7, 11) is 0. The minimum atomic E-state index is -0.181. The van der Waals surface area contributed by atoms with Gasteiger partial charge in [0.05, 0.1) is 0 Å². The van der Waals surface area contributed by atoms with E-state index in [1.807, 2.05) is 12.1 Å². The number of halogens is 2. The van der Waals surface area contributed by atoms with Gasteiger partial charge in [-0.2, -0.15) is 0 Å². The predicted octanol–water partition coefficient (Wildman–Crippen LogP) is 6.05. The minimum Gasteiger partial charge on any atom is -0.207 e. The van der Waals surface area contributed by atoms with Crippen LogP contribution in [0.3, 0.4) is 0 Å². The van der Waals surface area contributed by atoms with Crippen molar-refractivity contribution in [2.75, 3.05) is 0 Å². The van der Waals surface area contributed by atoms with Crippen LogP contribution >= 0.6 is 15.9 Å². The molecule has 21 heavy (non-hydrogen) atoms. The monoisotopic (exact) mass is 340 g/mol. The second-order valence-electron chi connectivity index (χ2n) is 6.14. The molecule has 1 aliphatic carbocycles. The van der Waals surface area contributed by atoms with Crippen LogP contribution in [-0.2, 0) is 5.41 Å². The molecule has 0 saturated heterocycles. The molecular weight excluding hydrogens is 327 g/mol. The lowest BCUT2D eigenvalue weighted by molar-refractivity contribution is 0.609. The molecular formula is C19H14BrF. The van der Waals surface area contributed by atoms with Crippen molar-refractivity contribution in [1.82, 2.24) is 0 Å². The highest BCUT2D eigenvalue weighted by atomic mass is 79.9. The van der Waals surface area contributed by atoms with E-state index in [1.54, 1.807) is 12.1 Å². The Labute approximate surface area is 131 Å². The molecule has 1 aliphatic rings. The third-order valence-corrected chi connectivity index (χ3v) is 5.25. The SMILES string of the molecule is CC1(C)c2cc(F)ccc2-c2c1cc(Br)c1ccccc21. The first-order valence-corrected chi connectivity index (χ1v) is 7.81. The third-order valence-electron chi connectivity index (χ3n) is 4.59. The summed E-state index contributed by atoms with van der Waals surface area (Å²) in [6, 6.07) is 15.7. The molecule has 0 atom stereocenters. The zero-order valence-corrected chi connectivity index (χ0v) is 13.5. The number of benzene rings is 3. The maximum Gasteiger partial charge on any atom is 0.123 e. The standard InChI is InChI=1S/C19H14BrF/c1-19(2)15-9-11(21)7-8-14(15)18-13-6-4-3-5-12(13)17(20)10-16(18)19/h3-10H,1-2H3. The molecule has 0 unspecified atom stereocenters. The molecule has 0 amide bonds. The highest BCUT2D eigenvalue weighted by Crippen LogP contribution is 2.52. The molecule has 0 saturated carbocycles. The third kappa shape index (κ3) is 1.66. The van der Waals surface area contributed by atoms with E-state index in [-0.39, 0.29) is 11.2 Å². The van der Waals surface area contributed by atoms with Crippen LogP contribution in [0.5, 0.6) is 0 Å². The summed E-state index contributed by atoms with van der Waals surface area (Å²) in [5.74, 6) is -0.169.